The first-order valence-electron chi connectivity index (χ1n) is 9.51. The fourth-order valence-electron chi connectivity index (χ4n) is 4.06. The van der Waals surface area contributed by atoms with Crippen LogP contribution in [0.1, 0.15) is 58.3 Å². The zero-order chi connectivity index (χ0) is 18.2. The average Bonchev–Trinajstić information content (AvgIpc) is 2.90. The highest BCUT2D eigenvalue weighted by Crippen LogP contribution is 2.28. The molecule has 2 aliphatic rings. The van der Waals surface area contributed by atoms with Crippen LogP contribution in [-0.4, -0.2) is 44.0 Å². The van der Waals surface area contributed by atoms with Gasteiger partial charge in [-0.15, -0.1) is 0 Å². The molecule has 2 rings (SSSR count). The second-order valence-electron chi connectivity index (χ2n) is 7.28. The van der Waals surface area contributed by atoms with Crippen molar-refractivity contribution in [2.75, 3.05) is 20.3 Å². The molecule has 2 atom stereocenters. The molecule has 0 aromatic carbocycles. The number of hydrogen-bond acceptors (Lipinski definition) is 5. The summed E-state index contributed by atoms with van der Waals surface area (Å²) in [5.41, 5.74) is 0. The van der Waals surface area contributed by atoms with Crippen LogP contribution in [0.2, 0.25) is 0 Å². The molecule has 2 unspecified atom stereocenters. The molecule has 0 bridgehead atoms. The summed E-state index contributed by atoms with van der Waals surface area (Å²) < 4.78 is 10.3. The van der Waals surface area contributed by atoms with Crippen molar-refractivity contribution in [3.8, 4) is 0 Å². The number of carbonyl (C=O) groups is 3. The fraction of sp³-hybridized carbons (Fsp3) is 0.842. The molecule has 142 valence electrons. The fourth-order valence-corrected chi connectivity index (χ4v) is 4.06. The van der Waals surface area contributed by atoms with Gasteiger partial charge in [0.2, 0.25) is 5.91 Å². The third-order valence-corrected chi connectivity index (χ3v) is 5.56. The topological polar surface area (TPSA) is 81.7 Å². The van der Waals surface area contributed by atoms with Crippen molar-refractivity contribution in [3.05, 3.63) is 0 Å². The standard InChI is InChI=1S/C19H31NO5/c1-13(21)16(19(23)24-2)17(14-9-11-25-12-10-14)20-18(22)15-7-5-3-4-6-8-15/h14-17H,3-12H2,1-2H3,(H,20,22). The van der Waals surface area contributed by atoms with E-state index < -0.39 is 17.9 Å². The van der Waals surface area contributed by atoms with E-state index in [2.05, 4.69) is 5.32 Å². The van der Waals surface area contributed by atoms with Crippen LogP contribution in [-0.2, 0) is 23.9 Å². The number of ketones is 1. The molecule has 0 aromatic rings. The summed E-state index contributed by atoms with van der Waals surface area (Å²) in [6, 6.07) is -0.510. The van der Waals surface area contributed by atoms with Gasteiger partial charge in [0.25, 0.3) is 0 Å². The van der Waals surface area contributed by atoms with Gasteiger partial charge >= 0.3 is 5.97 Å². The molecule has 1 saturated heterocycles. The van der Waals surface area contributed by atoms with E-state index >= 15 is 0 Å². The van der Waals surface area contributed by atoms with Crippen LogP contribution in [0.25, 0.3) is 0 Å². The molecule has 1 aliphatic heterocycles. The largest absolute Gasteiger partial charge is 0.468 e. The van der Waals surface area contributed by atoms with Gasteiger partial charge in [-0.25, -0.2) is 0 Å². The third-order valence-electron chi connectivity index (χ3n) is 5.56. The number of nitrogens with one attached hydrogen (secondary N) is 1. The van der Waals surface area contributed by atoms with Gasteiger partial charge in [0, 0.05) is 19.1 Å². The van der Waals surface area contributed by atoms with E-state index in [1.165, 1.54) is 26.9 Å². The lowest BCUT2D eigenvalue weighted by molar-refractivity contribution is -0.151. The van der Waals surface area contributed by atoms with Crippen molar-refractivity contribution in [2.24, 2.45) is 17.8 Å². The zero-order valence-corrected chi connectivity index (χ0v) is 15.4. The molecular formula is C19H31NO5. The monoisotopic (exact) mass is 353 g/mol. The Morgan fingerprint density at radius 3 is 2.12 bits per heavy atom. The van der Waals surface area contributed by atoms with Crippen LogP contribution in [0.4, 0.5) is 0 Å². The van der Waals surface area contributed by atoms with Crippen molar-refractivity contribution in [1.29, 1.82) is 0 Å². The predicted molar refractivity (Wildman–Crippen MR) is 92.9 cm³/mol. The molecule has 0 aromatic heterocycles. The number of esters is 1. The van der Waals surface area contributed by atoms with E-state index in [1.807, 2.05) is 0 Å². The quantitative estimate of drug-likeness (QED) is 0.450. The van der Waals surface area contributed by atoms with Gasteiger partial charge in [0.05, 0.1) is 13.2 Å². The number of Topliss-reactive ketones (excluding diaryl/α,β-unsaturated/α-hetero) is 1. The Morgan fingerprint density at radius 2 is 1.60 bits per heavy atom. The van der Waals surface area contributed by atoms with Crippen molar-refractivity contribution in [3.63, 3.8) is 0 Å². The Kier molecular flexibility index (Phi) is 7.88. The molecule has 1 saturated carbocycles. The Balaban J connectivity index is 2.15. The maximum absolute atomic E-state index is 12.8. The summed E-state index contributed by atoms with van der Waals surface area (Å²) in [6.45, 7) is 2.57. The highest BCUT2D eigenvalue weighted by atomic mass is 16.5. The predicted octanol–water partition coefficient (Wildman–Crippen LogP) is 2.25. The van der Waals surface area contributed by atoms with Crippen LogP contribution in [0.15, 0.2) is 0 Å². The first kappa shape index (κ1) is 19.9. The smallest absolute Gasteiger partial charge is 0.318 e. The first-order chi connectivity index (χ1) is 12.0. The summed E-state index contributed by atoms with van der Waals surface area (Å²) in [4.78, 5) is 37.2. The molecule has 6 nitrogen and oxygen atoms in total. The number of carbonyl (C=O) groups excluding carboxylic acids is 3. The second kappa shape index (κ2) is 9.90. The Bertz CT molecular complexity index is 464. The molecule has 25 heavy (non-hydrogen) atoms. The summed E-state index contributed by atoms with van der Waals surface area (Å²) >= 11 is 0. The van der Waals surface area contributed by atoms with Gasteiger partial charge < -0.3 is 14.8 Å². The number of hydrogen-bond donors (Lipinski definition) is 1. The minimum absolute atomic E-state index is 0.0184. The zero-order valence-electron chi connectivity index (χ0n) is 15.4. The molecule has 1 aliphatic carbocycles. The summed E-state index contributed by atoms with van der Waals surface area (Å²) in [5.74, 6) is -1.75. The molecule has 1 N–H and O–H groups in total. The lowest BCUT2D eigenvalue weighted by Gasteiger charge is -2.35. The Hall–Kier alpha value is -1.43. The van der Waals surface area contributed by atoms with Gasteiger partial charge in [-0.2, -0.15) is 0 Å². The van der Waals surface area contributed by atoms with Gasteiger partial charge in [0.15, 0.2) is 0 Å². The Labute approximate surface area is 150 Å². The normalized spacial score (nSPS) is 22.5. The van der Waals surface area contributed by atoms with E-state index in [-0.39, 0.29) is 23.5 Å². The lowest BCUT2D eigenvalue weighted by atomic mass is 9.81. The summed E-state index contributed by atoms with van der Waals surface area (Å²) in [5, 5.41) is 3.06. The van der Waals surface area contributed by atoms with Crippen LogP contribution in [0.3, 0.4) is 0 Å². The number of methoxy groups -OCH3 is 1. The maximum atomic E-state index is 12.8. The minimum atomic E-state index is -0.942. The van der Waals surface area contributed by atoms with E-state index in [0.717, 1.165) is 38.5 Å². The lowest BCUT2D eigenvalue weighted by Crippen LogP contribution is -2.53. The molecule has 0 spiro atoms. The van der Waals surface area contributed by atoms with Gasteiger partial charge in [-0.3, -0.25) is 14.4 Å². The average molecular weight is 353 g/mol. The molecule has 1 amide bonds. The SMILES string of the molecule is COC(=O)C(C(C)=O)C(NC(=O)C1CCCCCC1)C1CCOCC1. The number of amides is 1. The van der Waals surface area contributed by atoms with Crippen molar-refractivity contribution < 1.29 is 23.9 Å². The van der Waals surface area contributed by atoms with Crippen molar-refractivity contribution >= 4 is 17.7 Å². The van der Waals surface area contributed by atoms with Gasteiger partial charge in [-0.1, -0.05) is 25.7 Å². The van der Waals surface area contributed by atoms with Crippen molar-refractivity contribution in [2.45, 2.75) is 64.3 Å². The molecular weight excluding hydrogens is 322 g/mol. The van der Waals surface area contributed by atoms with E-state index in [4.69, 9.17) is 9.47 Å². The second-order valence-corrected chi connectivity index (χ2v) is 7.28. The van der Waals surface area contributed by atoms with Crippen LogP contribution >= 0.6 is 0 Å². The summed E-state index contributed by atoms with van der Waals surface area (Å²) in [6.07, 6.45) is 7.70. The molecule has 2 fully saturated rings. The highest BCUT2D eigenvalue weighted by molar-refractivity contribution is 5.99. The summed E-state index contributed by atoms with van der Waals surface area (Å²) in [7, 11) is 1.28. The number of ether oxygens (including phenoxy) is 2. The van der Waals surface area contributed by atoms with Crippen LogP contribution in [0, 0.1) is 17.8 Å². The van der Waals surface area contributed by atoms with Gasteiger partial charge in [-0.05, 0) is 38.5 Å². The van der Waals surface area contributed by atoms with E-state index in [9.17, 15) is 14.4 Å². The minimum Gasteiger partial charge on any atom is -0.468 e. The number of rotatable bonds is 6. The Morgan fingerprint density at radius 1 is 1.00 bits per heavy atom. The maximum Gasteiger partial charge on any atom is 0.318 e. The van der Waals surface area contributed by atoms with Crippen molar-refractivity contribution in [1.82, 2.24) is 5.32 Å². The highest BCUT2D eigenvalue weighted by Gasteiger charge is 2.40. The molecule has 0 radical (unpaired) electrons. The van der Waals surface area contributed by atoms with E-state index in [1.54, 1.807) is 0 Å². The van der Waals surface area contributed by atoms with Crippen LogP contribution in [0.5, 0.6) is 0 Å². The van der Waals surface area contributed by atoms with Gasteiger partial charge in [0.1, 0.15) is 11.7 Å². The van der Waals surface area contributed by atoms with Crippen LogP contribution < -0.4 is 5.32 Å². The third kappa shape index (κ3) is 5.53. The molecule has 1 heterocycles. The first-order valence-corrected chi connectivity index (χ1v) is 9.51. The molecule has 6 heteroatoms. The van der Waals surface area contributed by atoms with E-state index in [0.29, 0.717) is 13.2 Å².